The molecule has 112 valence electrons. The van der Waals surface area contributed by atoms with E-state index in [1.54, 1.807) is 0 Å². The van der Waals surface area contributed by atoms with E-state index in [4.69, 9.17) is 0 Å². The number of para-hydroxylation sites is 1. The van der Waals surface area contributed by atoms with Gasteiger partial charge >= 0.3 is 0 Å². The molecule has 3 rings (SSSR count). The van der Waals surface area contributed by atoms with E-state index in [0.29, 0.717) is 12.5 Å². The summed E-state index contributed by atoms with van der Waals surface area (Å²) >= 11 is 0. The number of carbonyl (C=O) groups excluding carboxylic acids is 1. The maximum Gasteiger partial charge on any atom is 0.224 e. The molecule has 2 unspecified atom stereocenters. The number of amides is 1. The number of fused-ring (bicyclic) bond motifs is 1. The van der Waals surface area contributed by atoms with Gasteiger partial charge in [0, 0.05) is 23.1 Å². The molecule has 1 fully saturated rings. The van der Waals surface area contributed by atoms with E-state index in [1.165, 1.54) is 19.3 Å². The van der Waals surface area contributed by atoms with Gasteiger partial charge in [0.15, 0.2) is 0 Å². The fraction of sp³-hybridized carbons (Fsp3) is 0.500. The smallest absolute Gasteiger partial charge is 0.224 e. The normalized spacial score (nSPS) is 22.3. The van der Waals surface area contributed by atoms with Gasteiger partial charge in [0.05, 0.1) is 6.42 Å². The molecule has 0 saturated heterocycles. The van der Waals surface area contributed by atoms with Crippen molar-refractivity contribution in [2.24, 2.45) is 5.92 Å². The molecule has 1 heterocycles. The van der Waals surface area contributed by atoms with Crippen LogP contribution in [0.1, 0.15) is 44.6 Å². The number of carbonyl (C=O) groups is 1. The topological polar surface area (TPSA) is 44.9 Å². The van der Waals surface area contributed by atoms with Crippen LogP contribution in [-0.2, 0) is 11.2 Å². The van der Waals surface area contributed by atoms with Crippen LogP contribution in [0.4, 0.5) is 0 Å². The minimum atomic E-state index is 0.154. The van der Waals surface area contributed by atoms with Crippen LogP contribution in [0.25, 0.3) is 10.9 Å². The van der Waals surface area contributed by atoms with Gasteiger partial charge in [-0.25, -0.2) is 0 Å². The highest BCUT2D eigenvalue weighted by atomic mass is 16.1. The first-order valence-corrected chi connectivity index (χ1v) is 8.10. The molecule has 0 bridgehead atoms. The first kappa shape index (κ1) is 14.2. The Morgan fingerprint density at radius 3 is 3.05 bits per heavy atom. The summed E-state index contributed by atoms with van der Waals surface area (Å²) < 4.78 is 0. The van der Waals surface area contributed by atoms with Crippen molar-refractivity contribution >= 4 is 16.8 Å². The second-order valence-electron chi connectivity index (χ2n) is 6.24. The molecule has 1 aliphatic carbocycles. The second kappa shape index (κ2) is 6.33. The summed E-state index contributed by atoms with van der Waals surface area (Å²) in [6, 6.07) is 8.52. The van der Waals surface area contributed by atoms with Gasteiger partial charge in [0.2, 0.25) is 5.91 Å². The van der Waals surface area contributed by atoms with Crippen molar-refractivity contribution in [1.82, 2.24) is 10.3 Å². The zero-order chi connectivity index (χ0) is 14.7. The van der Waals surface area contributed by atoms with Crippen molar-refractivity contribution in [2.75, 3.05) is 0 Å². The van der Waals surface area contributed by atoms with Gasteiger partial charge in [-0.3, -0.25) is 4.79 Å². The molecular weight excluding hydrogens is 260 g/mol. The van der Waals surface area contributed by atoms with Crippen LogP contribution in [0.2, 0.25) is 0 Å². The Balaban J connectivity index is 1.61. The number of hydrogen-bond donors (Lipinski definition) is 2. The third-order valence-electron chi connectivity index (χ3n) is 4.75. The molecule has 21 heavy (non-hydrogen) atoms. The standard InChI is InChI=1S/C18H24N2O/c1-2-13-6-5-7-15(10-13)20-18(21)11-14-12-19-17-9-4-3-8-16(14)17/h3-4,8-9,12-13,15,19H,2,5-7,10-11H2,1H3,(H,20,21). The lowest BCUT2D eigenvalue weighted by atomic mass is 9.84. The number of nitrogens with one attached hydrogen (secondary N) is 2. The molecule has 2 atom stereocenters. The maximum atomic E-state index is 12.3. The highest BCUT2D eigenvalue weighted by Gasteiger charge is 2.22. The molecule has 0 spiro atoms. The Labute approximate surface area is 126 Å². The fourth-order valence-corrected chi connectivity index (χ4v) is 3.52. The largest absolute Gasteiger partial charge is 0.361 e. The number of aromatic amines is 1. The van der Waals surface area contributed by atoms with Crippen LogP contribution in [0.15, 0.2) is 30.5 Å². The van der Waals surface area contributed by atoms with Gasteiger partial charge in [-0.05, 0) is 30.4 Å². The minimum absolute atomic E-state index is 0.154. The van der Waals surface area contributed by atoms with Crippen LogP contribution in [-0.4, -0.2) is 16.9 Å². The fourth-order valence-electron chi connectivity index (χ4n) is 3.52. The summed E-state index contributed by atoms with van der Waals surface area (Å²) in [5.41, 5.74) is 2.19. The van der Waals surface area contributed by atoms with Gasteiger partial charge in [-0.2, -0.15) is 0 Å². The average Bonchev–Trinajstić information content (AvgIpc) is 2.91. The number of rotatable bonds is 4. The third-order valence-corrected chi connectivity index (χ3v) is 4.75. The molecule has 0 aliphatic heterocycles. The first-order chi connectivity index (χ1) is 10.3. The maximum absolute atomic E-state index is 12.3. The number of aromatic nitrogens is 1. The van der Waals surface area contributed by atoms with Crippen LogP contribution < -0.4 is 5.32 Å². The molecular formula is C18H24N2O. The van der Waals surface area contributed by atoms with Crippen molar-refractivity contribution in [3.63, 3.8) is 0 Å². The summed E-state index contributed by atoms with van der Waals surface area (Å²) in [5.74, 6) is 0.943. The lowest BCUT2D eigenvalue weighted by Gasteiger charge is -2.29. The molecule has 1 saturated carbocycles. The molecule has 2 N–H and O–H groups in total. The Kier molecular flexibility index (Phi) is 4.28. The van der Waals surface area contributed by atoms with Gasteiger partial charge < -0.3 is 10.3 Å². The van der Waals surface area contributed by atoms with E-state index in [2.05, 4.69) is 23.3 Å². The van der Waals surface area contributed by atoms with E-state index in [0.717, 1.165) is 35.2 Å². The average molecular weight is 284 g/mol. The van der Waals surface area contributed by atoms with Crippen molar-refractivity contribution in [3.05, 3.63) is 36.0 Å². The Bertz CT molecular complexity index is 616. The first-order valence-electron chi connectivity index (χ1n) is 8.10. The molecule has 1 aliphatic rings. The quantitative estimate of drug-likeness (QED) is 0.881. The monoisotopic (exact) mass is 284 g/mol. The van der Waals surface area contributed by atoms with E-state index in [1.807, 2.05) is 24.4 Å². The van der Waals surface area contributed by atoms with E-state index in [9.17, 15) is 4.79 Å². The summed E-state index contributed by atoms with van der Waals surface area (Å²) in [6.45, 7) is 2.25. The minimum Gasteiger partial charge on any atom is -0.361 e. The highest BCUT2D eigenvalue weighted by molar-refractivity contribution is 5.88. The molecule has 3 heteroatoms. The molecule has 0 radical (unpaired) electrons. The Morgan fingerprint density at radius 2 is 2.19 bits per heavy atom. The second-order valence-corrected chi connectivity index (χ2v) is 6.24. The van der Waals surface area contributed by atoms with Crippen molar-refractivity contribution in [1.29, 1.82) is 0 Å². The molecule has 1 amide bonds. The number of benzene rings is 1. The Hall–Kier alpha value is -1.77. The van der Waals surface area contributed by atoms with Gasteiger partial charge in [0.1, 0.15) is 0 Å². The molecule has 1 aromatic carbocycles. The Morgan fingerprint density at radius 1 is 1.33 bits per heavy atom. The van der Waals surface area contributed by atoms with Gasteiger partial charge in [-0.1, -0.05) is 44.4 Å². The molecule has 2 aromatic rings. The van der Waals surface area contributed by atoms with E-state index >= 15 is 0 Å². The van der Waals surface area contributed by atoms with Crippen molar-refractivity contribution in [3.8, 4) is 0 Å². The summed E-state index contributed by atoms with van der Waals surface area (Å²) in [6.07, 6.45) is 8.51. The van der Waals surface area contributed by atoms with Crippen LogP contribution in [0, 0.1) is 5.92 Å². The highest BCUT2D eigenvalue weighted by Crippen LogP contribution is 2.26. The summed E-state index contributed by atoms with van der Waals surface area (Å²) in [7, 11) is 0. The zero-order valence-corrected chi connectivity index (χ0v) is 12.7. The van der Waals surface area contributed by atoms with Crippen molar-refractivity contribution in [2.45, 2.75) is 51.5 Å². The van der Waals surface area contributed by atoms with E-state index in [-0.39, 0.29) is 5.91 Å². The molecule has 3 nitrogen and oxygen atoms in total. The predicted octanol–water partition coefficient (Wildman–Crippen LogP) is 3.80. The lowest BCUT2D eigenvalue weighted by molar-refractivity contribution is -0.121. The SMILES string of the molecule is CCC1CCCC(NC(=O)Cc2c[nH]c3ccccc23)C1. The number of hydrogen-bond acceptors (Lipinski definition) is 1. The van der Waals surface area contributed by atoms with Crippen LogP contribution in [0.3, 0.4) is 0 Å². The van der Waals surface area contributed by atoms with E-state index < -0.39 is 0 Å². The van der Waals surface area contributed by atoms with Gasteiger partial charge in [-0.15, -0.1) is 0 Å². The predicted molar refractivity (Wildman–Crippen MR) is 86.2 cm³/mol. The van der Waals surface area contributed by atoms with Crippen molar-refractivity contribution < 1.29 is 4.79 Å². The number of H-pyrrole nitrogens is 1. The summed E-state index contributed by atoms with van der Waals surface area (Å²) in [4.78, 5) is 15.5. The summed E-state index contributed by atoms with van der Waals surface area (Å²) in [5, 5.41) is 4.39. The zero-order valence-electron chi connectivity index (χ0n) is 12.7. The third kappa shape index (κ3) is 3.29. The molecule has 1 aromatic heterocycles. The van der Waals surface area contributed by atoms with Crippen LogP contribution >= 0.6 is 0 Å². The van der Waals surface area contributed by atoms with Crippen LogP contribution in [0.5, 0.6) is 0 Å². The lowest BCUT2D eigenvalue weighted by Crippen LogP contribution is -2.39. The van der Waals surface area contributed by atoms with Gasteiger partial charge in [0.25, 0.3) is 0 Å².